The summed E-state index contributed by atoms with van der Waals surface area (Å²) in [5, 5.41) is 0. The van der Waals surface area contributed by atoms with Gasteiger partial charge < -0.3 is 15.5 Å². The first-order valence-corrected chi connectivity index (χ1v) is 12.0. The molecule has 1 aliphatic heterocycles. The van der Waals surface area contributed by atoms with Crippen LogP contribution < -0.4 is 5.73 Å². The number of likely N-dealkylation sites (tertiary alicyclic amines) is 1. The Bertz CT molecular complexity index is 1000. The summed E-state index contributed by atoms with van der Waals surface area (Å²) in [6.45, 7) is 2.86. The third-order valence-corrected chi connectivity index (χ3v) is 7.81. The average molecular weight is 445 g/mol. The molecule has 1 saturated heterocycles. The molecule has 1 fully saturated rings. The molecule has 0 aromatic heterocycles. The molecule has 1 atom stereocenters. The normalized spacial score (nSPS) is 15.9. The molecule has 2 aromatic carbocycles. The van der Waals surface area contributed by atoms with Crippen LogP contribution in [0.3, 0.4) is 0 Å². The van der Waals surface area contributed by atoms with Crippen LogP contribution in [0.2, 0.25) is 0 Å². The first-order chi connectivity index (χ1) is 14.7. The quantitative estimate of drug-likeness (QED) is 0.632. The number of nitrogen functional groups attached to an aromatic ring is 1. The minimum absolute atomic E-state index is 0.0297. The van der Waals surface area contributed by atoms with E-state index in [1.54, 1.807) is 17.0 Å². The molecule has 0 bridgehead atoms. The molecule has 1 amide bonds. The Kier molecular flexibility index (Phi) is 7.35. The number of nitrogens with two attached hydrogens (primary N) is 1. The Labute approximate surface area is 185 Å². The molecule has 0 aliphatic carbocycles. The highest BCUT2D eigenvalue weighted by atomic mass is 32.2. The smallest absolute Gasteiger partial charge is 0.244 e. The van der Waals surface area contributed by atoms with Gasteiger partial charge in [0.05, 0.1) is 18.2 Å². The van der Waals surface area contributed by atoms with Crippen LogP contribution in [0, 0.1) is 0 Å². The van der Waals surface area contributed by atoms with E-state index < -0.39 is 10.0 Å². The number of sulfonamides is 1. The van der Waals surface area contributed by atoms with E-state index in [0.29, 0.717) is 5.56 Å². The van der Waals surface area contributed by atoms with E-state index in [0.717, 1.165) is 29.5 Å². The zero-order chi connectivity index (χ0) is 22.6. The minimum Gasteiger partial charge on any atom is -0.397 e. The van der Waals surface area contributed by atoms with Crippen LogP contribution in [0.5, 0.6) is 0 Å². The third kappa shape index (κ3) is 5.26. The molecule has 0 unspecified atom stereocenters. The van der Waals surface area contributed by atoms with Gasteiger partial charge in [0.15, 0.2) is 0 Å². The fourth-order valence-electron chi connectivity index (χ4n) is 3.96. The number of hydrogen-bond donors (Lipinski definition) is 1. The zero-order valence-electron chi connectivity index (χ0n) is 18.5. The van der Waals surface area contributed by atoms with Gasteiger partial charge in [0, 0.05) is 27.7 Å². The molecule has 8 heteroatoms. The molecule has 0 spiro atoms. The van der Waals surface area contributed by atoms with Gasteiger partial charge in [-0.05, 0) is 43.1 Å². The molecule has 1 heterocycles. The summed E-state index contributed by atoms with van der Waals surface area (Å²) in [5.74, 6) is -0.0980. The van der Waals surface area contributed by atoms with Crippen molar-refractivity contribution in [3.63, 3.8) is 0 Å². The number of likely N-dealkylation sites (N-methyl/N-ethyl adjacent to an activating group) is 1. The first kappa shape index (κ1) is 23.2. The highest BCUT2D eigenvalue weighted by Gasteiger charge is 2.27. The number of anilines is 1. The van der Waals surface area contributed by atoms with E-state index in [4.69, 9.17) is 5.73 Å². The van der Waals surface area contributed by atoms with E-state index in [1.165, 1.54) is 33.0 Å². The maximum absolute atomic E-state index is 13.2. The third-order valence-electron chi connectivity index (χ3n) is 5.93. The van der Waals surface area contributed by atoms with Gasteiger partial charge in [0.2, 0.25) is 15.9 Å². The lowest BCUT2D eigenvalue weighted by Crippen LogP contribution is -2.39. The van der Waals surface area contributed by atoms with Gasteiger partial charge in [-0.3, -0.25) is 4.79 Å². The van der Waals surface area contributed by atoms with E-state index in [9.17, 15) is 13.2 Å². The highest BCUT2D eigenvalue weighted by molar-refractivity contribution is 7.89. The van der Waals surface area contributed by atoms with Crippen molar-refractivity contribution >= 4 is 21.6 Å². The first-order valence-electron chi connectivity index (χ1n) is 10.5. The van der Waals surface area contributed by atoms with Crippen molar-refractivity contribution in [1.82, 2.24) is 14.1 Å². The van der Waals surface area contributed by atoms with Crippen LogP contribution in [-0.2, 0) is 21.2 Å². The summed E-state index contributed by atoms with van der Waals surface area (Å²) < 4.78 is 26.2. The molecular formula is C23H32N4O3S. The predicted molar refractivity (Wildman–Crippen MR) is 123 cm³/mol. The second-order valence-electron chi connectivity index (χ2n) is 8.23. The molecular weight excluding hydrogens is 412 g/mol. The summed E-state index contributed by atoms with van der Waals surface area (Å²) in [7, 11) is 1.05. The maximum Gasteiger partial charge on any atom is 0.244 e. The van der Waals surface area contributed by atoms with E-state index >= 15 is 0 Å². The number of carbonyl (C=O) groups is 1. The Hall–Kier alpha value is -2.42. The molecule has 2 N–H and O–H groups in total. The Morgan fingerprint density at radius 2 is 1.68 bits per heavy atom. The monoisotopic (exact) mass is 444 g/mol. The molecule has 0 radical (unpaired) electrons. The Balaban J connectivity index is 1.84. The Morgan fingerprint density at radius 3 is 2.29 bits per heavy atom. The number of hydrogen-bond acceptors (Lipinski definition) is 5. The lowest BCUT2D eigenvalue weighted by atomic mass is 10.0. The molecule has 3 rings (SSSR count). The molecule has 7 nitrogen and oxygen atoms in total. The average Bonchev–Trinajstić information content (AvgIpc) is 3.26. The lowest BCUT2D eigenvalue weighted by molar-refractivity contribution is -0.131. The maximum atomic E-state index is 13.2. The number of amides is 1. The molecule has 168 valence electrons. The van der Waals surface area contributed by atoms with Gasteiger partial charge in [0.1, 0.15) is 4.90 Å². The van der Waals surface area contributed by atoms with Gasteiger partial charge in [-0.2, -0.15) is 0 Å². The largest absolute Gasteiger partial charge is 0.397 e. The van der Waals surface area contributed by atoms with E-state index in [2.05, 4.69) is 4.90 Å². The van der Waals surface area contributed by atoms with E-state index in [-0.39, 0.29) is 29.0 Å². The van der Waals surface area contributed by atoms with Crippen molar-refractivity contribution in [2.45, 2.75) is 30.2 Å². The second-order valence-corrected chi connectivity index (χ2v) is 10.4. The zero-order valence-corrected chi connectivity index (χ0v) is 19.3. The van der Waals surface area contributed by atoms with Gasteiger partial charge in [0.25, 0.3) is 0 Å². The fraction of sp³-hybridized carbons (Fsp3) is 0.435. The van der Waals surface area contributed by atoms with Crippen molar-refractivity contribution < 1.29 is 13.2 Å². The SMILES string of the molecule is CN(C(=O)Cc1cccc(S(=O)(=O)N(C)C)c1N)[C@H](CN1CCCC1)c1ccccc1. The van der Waals surface area contributed by atoms with Gasteiger partial charge in [-0.25, -0.2) is 12.7 Å². The summed E-state index contributed by atoms with van der Waals surface area (Å²) in [6, 6.07) is 14.8. The number of rotatable bonds is 8. The summed E-state index contributed by atoms with van der Waals surface area (Å²) >= 11 is 0. The van der Waals surface area contributed by atoms with Gasteiger partial charge in [-0.15, -0.1) is 0 Å². The van der Waals surface area contributed by atoms with Crippen LogP contribution in [0.1, 0.15) is 30.0 Å². The Morgan fingerprint density at radius 1 is 1.03 bits per heavy atom. The summed E-state index contributed by atoms with van der Waals surface area (Å²) in [6.07, 6.45) is 2.41. The van der Waals surface area contributed by atoms with Crippen molar-refractivity contribution in [1.29, 1.82) is 0 Å². The number of para-hydroxylation sites is 1. The number of benzene rings is 2. The van der Waals surface area contributed by atoms with Crippen LogP contribution in [0.15, 0.2) is 53.4 Å². The van der Waals surface area contributed by atoms with Crippen molar-refractivity contribution in [3.05, 3.63) is 59.7 Å². The van der Waals surface area contributed by atoms with Crippen LogP contribution in [0.25, 0.3) is 0 Å². The van der Waals surface area contributed by atoms with Crippen molar-refractivity contribution in [2.75, 3.05) is 46.5 Å². The lowest BCUT2D eigenvalue weighted by Gasteiger charge is -2.32. The molecule has 31 heavy (non-hydrogen) atoms. The van der Waals surface area contributed by atoms with Crippen LogP contribution in [0.4, 0.5) is 5.69 Å². The van der Waals surface area contributed by atoms with Gasteiger partial charge >= 0.3 is 0 Å². The van der Waals surface area contributed by atoms with Crippen molar-refractivity contribution in [3.8, 4) is 0 Å². The second kappa shape index (κ2) is 9.80. The molecule has 0 saturated carbocycles. The molecule has 2 aromatic rings. The van der Waals surface area contributed by atoms with Crippen LogP contribution in [-0.4, -0.2) is 69.2 Å². The van der Waals surface area contributed by atoms with Crippen molar-refractivity contribution in [2.24, 2.45) is 0 Å². The van der Waals surface area contributed by atoms with Gasteiger partial charge in [-0.1, -0.05) is 42.5 Å². The fourth-order valence-corrected chi connectivity index (χ4v) is 5.02. The topological polar surface area (TPSA) is 87.0 Å². The summed E-state index contributed by atoms with van der Waals surface area (Å²) in [5.41, 5.74) is 7.93. The standard InChI is InChI=1S/C23H32N4O3S/c1-25(2)31(29,30)21-13-9-12-19(23(21)24)16-22(28)26(3)20(17-27-14-7-8-15-27)18-10-5-4-6-11-18/h4-6,9-13,20H,7-8,14-17,24H2,1-3H3/t20-/m1/s1. The van der Waals surface area contributed by atoms with E-state index in [1.807, 2.05) is 37.4 Å². The number of carbonyl (C=O) groups excluding carboxylic acids is 1. The minimum atomic E-state index is -3.68. The number of nitrogens with zero attached hydrogens (tertiary/aromatic N) is 3. The summed E-state index contributed by atoms with van der Waals surface area (Å²) in [4.78, 5) is 17.4. The predicted octanol–water partition coefficient (Wildman–Crippen LogP) is 2.36. The highest BCUT2D eigenvalue weighted by Crippen LogP contribution is 2.27. The van der Waals surface area contributed by atoms with Crippen LogP contribution >= 0.6 is 0 Å². The molecule has 1 aliphatic rings.